The molecule has 36 heavy (non-hydrogen) atoms. The number of hydrogen-bond acceptors (Lipinski definition) is 5. The number of benzene rings is 2. The Labute approximate surface area is 212 Å². The third-order valence-electron chi connectivity index (χ3n) is 6.39. The number of likely N-dealkylation sites (tertiary alicyclic amines) is 1. The topological polar surface area (TPSA) is 93.0 Å². The van der Waals surface area contributed by atoms with Gasteiger partial charge in [-0.1, -0.05) is 18.2 Å². The van der Waals surface area contributed by atoms with E-state index in [1.807, 2.05) is 77.7 Å². The summed E-state index contributed by atoms with van der Waals surface area (Å²) in [6.07, 6.45) is -0.0637. The monoisotopic (exact) mass is 505 g/mol. The van der Waals surface area contributed by atoms with Crippen LogP contribution in [0.5, 0.6) is 11.5 Å². The predicted octanol–water partition coefficient (Wildman–Crippen LogP) is 5.45. The Morgan fingerprint density at radius 3 is 2.56 bits per heavy atom. The quantitative estimate of drug-likeness (QED) is 0.332. The molecule has 4 aromatic rings. The molecule has 5 rings (SSSR count). The zero-order valence-electron chi connectivity index (χ0n) is 19.8. The van der Waals surface area contributed by atoms with Crippen LogP contribution in [0.4, 0.5) is 10.5 Å². The van der Waals surface area contributed by atoms with E-state index in [0.717, 1.165) is 22.2 Å². The Bertz CT molecular complexity index is 1380. The maximum atomic E-state index is 13.0. The second-order valence-electron chi connectivity index (χ2n) is 8.84. The summed E-state index contributed by atoms with van der Waals surface area (Å²) in [4.78, 5) is 26.5. The molecule has 1 unspecified atom stereocenters. The van der Waals surface area contributed by atoms with Crippen LogP contribution in [-0.4, -0.2) is 46.3 Å². The van der Waals surface area contributed by atoms with Crippen LogP contribution in [0.15, 0.2) is 66.0 Å². The number of carboxylic acid groups (broad SMARTS) is 1. The van der Waals surface area contributed by atoms with Gasteiger partial charge in [-0.3, -0.25) is 4.79 Å². The Morgan fingerprint density at radius 1 is 1.08 bits per heavy atom. The largest absolute Gasteiger partial charge is 0.493 e. The van der Waals surface area contributed by atoms with Crippen LogP contribution in [0.1, 0.15) is 22.5 Å². The number of carbonyl (C=O) groups excluding carboxylic acids is 1. The number of carbonyl (C=O) groups is 2. The number of anilines is 1. The number of fused-ring (bicyclic) bond motifs is 1. The fraction of sp³-hybridized carbons (Fsp3) is 0.259. The van der Waals surface area contributed by atoms with Gasteiger partial charge in [-0.25, -0.2) is 4.79 Å². The van der Waals surface area contributed by atoms with E-state index in [9.17, 15) is 9.59 Å². The van der Waals surface area contributed by atoms with E-state index in [1.165, 1.54) is 4.90 Å². The van der Waals surface area contributed by atoms with Gasteiger partial charge in [0, 0.05) is 42.7 Å². The molecular formula is C27H27N3O5S. The lowest BCUT2D eigenvalue weighted by Gasteiger charge is -2.14. The summed E-state index contributed by atoms with van der Waals surface area (Å²) in [5, 5.41) is 15.2. The minimum Gasteiger partial charge on any atom is -0.493 e. The molecule has 2 aromatic heterocycles. The Morgan fingerprint density at radius 2 is 1.83 bits per heavy atom. The first-order valence-electron chi connectivity index (χ1n) is 11.7. The molecule has 1 aliphatic heterocycles. The van der Waals surface area contributed by atoms with Crippen molar-refractivity contribution in [3.05, 3.63) is 77.3 Å². The number of thiophene rings is 1. The zero-order chi connectivity index (χ0) is 25.1. The Hall–Kier alpha value is -3.98. The van der Waals surface area contributed by atoms with Gasteiger partial charge in [-0.15, -0.1) is 11.3 Å². The molecule has 8 nitrogen and oxygen atoms in total. The number of aryl methyl sites for hydroxylation is 1. The molecule has 1 saturated heterocycles. The van der Waals surface area contributed by atoms with Gasteiger partial charge in [-0.2, -0.15) is 0 Å². The van der Waals surface area contributed by atoms with Crippen molar-refractivity contribution in [3.8, 4) is 11.5 Å². The van der Waals surface area contributed by atoms with Crippen LogP contribution in [0, 0.1) is 5.92 Å². The SMILES string of the molecule is Cn1c(C(=O)Nc2ccccc2COc2ccc(OCC3CCN(C(=O)O)C3)cc2)cc2ccsc21. The molecule has 0 aliphatic carbocycles. The maximum Gasteiger partial charge on any atom is 0.407 e. The van der Waals surface area contributed by atoms with Gasteiger partial charge >= 0.3 is 6.09 Å². The number of rotatable bonds is 8. The van der Waals surface area contributed by atoms with Crippen LogP contribution in [-0.2, 0) is 13.7 Å². The Kier molecular flexibility index (Phi) is 6.81. The van der Waals surface area contributed by atoms with E-state index in [-0.39, 0.29) is 11.8 Å². The molecular weight excluding hydrogens is 478 g/mol. The van der Waals surface area contributed by atoms with Crippen molar-refractivity contribution >= 4 is 39.2 Å². The van der Waals surface area contributed by atoms with Crippen LogP contribution < -0.4 is 14.8 Å². The van der Waals surface area contributed by atoms with E-state index in [1.54, 1.807) is 11.3 Å². The lowest BCUT2D eigenvalue weighted by molar-refractivity contribution is 0.101. The van der Waals surface area contributed by atoms with Crippen molar-refractivity contribution in [2.24, 2.45) is 13.0 Å². The van der Waals surface area contributed by atoms with E-state index < -0.39 is 6.09 Å². The van der Waals surface area contributed by atoms with Gasteiger partial charge in [0.15, 0.2) is 0 Å². The summed E-state index contributed by atoms with van der Waals surface area (Å²) < 4.78 is 13.7. The standard InChI is InChI=1S/C27H27N3O5S/c1-29-24(14-19-11-13-36-26(19)29)25(31)28-23-5-3-2-4-20(23)17-35-22-8-6-21(7-9-22)34-16-18-10-12-30(15-18)27(32)33/h2-9,11,13-14,18H,10,12,15-17H2,1H3,(H,28,31)(H,32,33). The van der Waals surface area contributed by atoms with Gasteiger partial charge in [0.1, 0.15) is 28.6 Å². The summed E-state index contributed by atoms with van der Waals surface area (Å²) in [5.74, 6) is 1.44. The van der Waals surface area contributed by atoms with Crippen molar-refractivity contribution in [2.75, 3.05) is 25.0 Å². The van der Waals surface area contributed by atoms with Crippen molar-refractivity contribution in [2.45, 2.75) is 13.0 Å². The van der Waals surface area contributed by atoms with Crippen molar-refractivity contribution in [1.82, 2.24) is 9.47 Å². The molecule has 0 radical (unpaired) electrons. The molecule has 1 atom stereocenters. The van der Waals surface area contributed by atoms with E-state index in [2.05, 4.69) is 5.32 Å². The van der Waals surface area contributed by atoms with Gasteiger partial charge in [0.25, 0.3) is 5.91 Å². The minimum absolute atomic E-state index is 0.163. The van der Waals surface area contributed by atoms with E-state index >= 15 is 0 Å². The van der Waals surface area contributed by atoms with Crippen LogP contribution in [0.25, 0.3) is 10.2 Å². The third kappa shape index (κ3) is 5.16. The van der Waals surface area contributed by atoms with Crippen molar-refractivity contribution in [1.29, 1.82) is 0 Å². The first kappa shape index (κ1) is 23.7. The van der Waals surface area contributed by atoms with Crippen LogP contribution in [0.3, 0.4) is 0 Å². The molecule has 2 aromatic carbocycles. The van der Waals surface area contributed by atoms with Crippen molar-refractivity contribution < 1.29 is 24.2 Å². The zero-order valence-corrected chi connectivity index (χ0v) is 20.7. The molecule has 2 amide bonds. The van der Waals surface area contributed by atoms with Crippen molar-refractivity contribution in [3.63, 3.8) is 0 Å². The molecule has 9 heteroatoms. The second-order valence-corrected chi connectivity index (χ2v) is 9.73. The molecule has 1 fully saturated rings. The molecule has 3 heterocycles. The summed E-state index contributed by atoms with van der Waals surface area (Å²) in [6.45, 7) is 1.85. The average molecular weight is 506 g/mol. The minimum atomic E-state index is -0.875. The number of hydrogen-bond donors (Lipinski definition) is 2. The van der Waals surface area contributed by atoms with E-state index in [0.29, 0.717) is 49.2 Å². The second kappa shape index (κ2) is 10.3. The summed E-state index contributed by atoms with van der Waals surface area (Å²) >= 11 is 1.61. The molecule has 2 N–H and O–H groups in total. The normalized spacial score (nSPS) is 15.2. The number of ether oxygens (including phenoxy) is 2. The predicted molar refractivity (Wildman–Crippen MR) is 139 cm³/mol. The van der Waals surface area contributed by atoms with Gasteiger partial charge in [0.05, 0.1) is 6.61 Å². The Balaban J connectivity index is 1.16. The molecule has 186 valence electrons. The highest BCUT2D eigenvalue weighted by molar-refractivity contribution is 7.16. The number of nitrogens with zero attached hydrogens (tertiary/aromatic N) is 2. The summed E-state index contributed by atoms with van der Waals surface area (Å²) in [5.41, 5.74) is 2.18. The fourth-order valence-electron chi connectivity index (χ4n) is 4.37. The average Bonchev–Trinajstić information content (AvgIpc) is 3.61. The smallest absolute Gasteiger partial charge is 0.407 e. The molecule has 1 aliphatic rings. The summed E-state index contributed by atoms with van der Waals surface area (Å²) in [7, 11) is 1.90. The lowest BCUT2D eigenvalue weighted by atomic mass is 10.1. The number of nitrogens with one attached hydrogen (secondary N) is 1. The lowest BCUT2D eigenvalue weighted by Crippen LogP contribution is -2.27. The summed E-state index contributed by atoms with van der Waals surface area (Å²) in [6, 6.07) is 18.9. The molecule has 0 bridgehead atoms. The van der Waals surface area contributed by atoms with Gasteiger partial charge < -0.3 is 29.4 Å². The third-order valence-corrected chi connectivity index (χ3v) is 7.40. The highest BCUT2D eigenvalue weighted by atomic mass is 32.1. The maximum absolute atomic E-state index is 13.0. The first-order valence-corrected chi connectivity index (χ1v) is 12.6. The number of para-hydroxylation sites is 1. The van der Waals surface area contributed by atoms with Gasteiger partial charge in [0.2, 0.25) is 0 Å². The van der Waals surface area contributed by atoms with Gasteiger partial charge in [-0.05, 0) is 54.3 Å². The highest BCUT2D eigenvalue weighted by Crippen LogP contribution is 2.26. The number of aromatic nitrogens is 1. The molecule has 0 spiro atoms. The number of amides is 2. The first-order chi connectivity index (χ1) is 17.5. The fourth-order valence-corrected chi connectivity index (χ4v) is 5.23. The molecule has 0 saturated carbocycles. The van der Waals surface area contributed by atoms with E-state index in [4.69, 9.17) is 14.6 Å². The van der Waals surface area contributed by atoms with Crippen LogP contribution in [0.2, 0.25) is 0 Å². The highest BCUT2D eigenvalue weighted by Gasteiger charge is 2.26. The van der Waals surface area contributed by atoms with Crippen LogP contribution >= 0.6 is 11.3 Å².